The van der Waals surface area contributed by atoms with Crippen molar-refractivity contribution in [2.75, 3.05) is 11.9 Å². The molecule has 0 radical (unpaired) electrons. The summed E-state index contributed by atoms with van der Waals surface area (Å²) in [6.45, 7) is 7.65. The highest BCUT2D eigenvalue weighted by Gasteiger charge is 2.20. The van der Waals surface area contributed by atoms with Crippen molar-refractivity contribution in [2.45, 2.75) is 70.5 Å². The number of aromatic nitrogens is 3. The van der Waals surface area contributed by atoms with Crippen molar-refractivity contribution in [3.05, 3.63) is 4.88 Å². The Labute approximate surface area is 130 Å². The Balaban J connectivity index is 2.19. The van der Waals surface area contributed by atoms with Gasteiger partial charge in [0.2, 0.25) is 0 Å². The van der Waals surface area contributed by atoms with Gasteiger partial charge in [-0.15, -0.1) is 0 Å². The second-order valence-electron chi connectivity index (χ2n) is 5.75. The van der Waals surface area contributed by atoms with Gasteiger partial charge in [-0.1, -0.05) is 40.0 Å². The van der Waals surface area contributed by atoms with E-state index in [0.717, 1.165) is 18.9 Å². The van der Waals surface area contributed by atoms with Gasteiger partial charge < -0.3 is 5.32 Å². The summed E-state index contributed by atoms with van der Waals surface area (Å²) in [4.78, 5) is 1.47. The minimum atomic E-state index is 0.555. The summed E-state index contributed by atoms with van der Waals surface area (Å²) in [6, 6.07) is 0. The lowest BCUT2D eigenvalue weighted by molar-refractivity contribution is 0.447. The van der Waals surface area contributed by atoms with Crippen LogP contribution in [0.25, 0.3) is 0 Å². The Hall–Kier alpha value is -0.490. The monoisotopic (exact) mass is 316 g/mol. The second-order valence-corrected chi connectivity index (χ2v) is 8.10. The third-order valence-corrected chi connectivity index (χ3v) is 5.50. The van der Waals surface area contributed by atoms with E-state index in [0.29, 0.717) is 5.25 Å². The fourth-order valence-corrected chi connectivity index (χ4v) is 4.31. The normalized spacial score (nSPS) is 16.6. The molecule has 4 nitrogen and oxygen atoms in total. The molecule has 0 saturated heterocycles. The molecule has 0 aromatic carbocycles. The second kappa shape index (κ2) is 8.08. The SMILES string of the molecule is CCCNc1[nH]n(SC(C)C)[nH]sc1C1CCCCC1. The van der Waals surface area contributed by atoms with E-state index in [4.69, 9.17) is 0 Å². The Morgan fingerprint density at radius 1 is 1.35 bits per heavy atom. The molecular formula is C14H28N4S2. The molecule has 1 saturated carbocycles. The van der Waals surface area contributed by atoms with Gasteiger partial charge in [-0.05, 0) is 48.7 Å². The molecule has 1 fully saturated rings. The molecule has 1 aliphatic carbocycles. The summed E-state index contributed by atoms with van der Waals surface area (Å²) < 4.78 is 5.44. The van der Waals surface area contributed by atoms with Crippen LogP contribution in [0.4, 0.5) is 5.82 Å². The maximum absolute atomic E-state index is 3.57. The van der Waals surface area contributed by atoms with Crippen molar-refractivity contribution in [3.8, 4) is 0 Å². The van der Waals surface area contributed by atoms with E-state index in [1.54, 1.807) is 23.5 Å². The number of rotatable bonds is 6. The van der Waals surface area contributed by atoms with E-state index < -0.39 is 0 Å². The van der Waals surface area contributed by atoms with Gasteiger partial charge >= 0.3 is 0 Å². The highest BCUT2D eigenvalue weighted by molar-refractivity contribution is 7.98. The highest BCUT2D eigenvalue weighted by atomic mass is 32.2. The van der Waals surface area contributed by atoms with Gasteiger partial charge in [-0.25, -0.2) is 4.49 Å². The molecular weight excluding hydrogens is 288 g/mol. The molecule has 116 valence electrons. The van der Waals surface area contributed by atoms with Crippen LogP contribution in [-0.2, 0) is 0 Å². The topological polar surface area (TPSA) is 48.5 Å². The van der Waals surface area contributed by atoms with Crippen LogP contribution < -0.4 is 5.32 Å². The van der Waals surface area contributed by atoms with Crippen molar-refractivity contribution in [3.63, 3.8) is 0 Å². The predicted octanol–water partition coefficient (Wildman–Crippen LogP) is 5.10. The number of nitrogens with one attached hydrogen (secondary N) is 3. The van der Waals surface area contributed by atoms with Gasteiger partial charge in [0.1, 0.15) is 5.82 Å². The van der Waals surface area contributed by atoms with E-state index in [9.17, 15) is 0 Å². The zero-order valence-corrected chi connectivity index (χ0v) is 14.5. The molecule has 0 spiro atoms. The molecule has 3 N–H and O–H groups in total. The Kier molecular flexibility index (Phi) is 6.42. The number of hydrogen-bond acceptors (Lipinski definition) is 3. The van der Waals surface area contributed by atoms with Gasteiger partial charge in [0.15, 0.2) is 0 Å². The lowest BCUT2D eigenvalue weighted by Gasteiger charge is -2.24. The molecule has 0 unspecified atom stereocenters. The smallest absolute Gasteiger partial charge is 0.135 e. The van der Waals surface area contributed by atoms with Crippen LogP contribution in [0.2, 0.25) is 0 Å². The first kappa shape index (κ1) is 15.9. The maximum atomic E-state index is 3.57. The van der Waals surface area contributed by atoms with Gasteiger partial charge in [0.05, 0.1) is 4.88 Å². The average molecular weight is 317 g/mol. The third-order valence-electron chi connectivity index (χ3n) is 3.54. The van der Waals surface area contributed by atoms with E-state index >= 15 is 0 Å². The molecule has 2 rings (SSSR count). The summed E-state index contributed by atoms with van der Waals surface area (Å²) in [7, 11) is 0. The van der Waals surface area contributed by atoms with E-state index in [1.165, 1.54) is 42.8 Å². The van der Waals surface area contributed by atoms with Crippen LogP contribution in [0, 0.1) is 0 Å². The average Bonchev–Trinajstić information content (AvgIpc) is 2.45. The fourth-order valence-electron chi connectivity index (χ4n) is 2.61. The van der Waals surface area contributed by atoms with E-state index in [-0.39, 0.29) is 0 Å². The maximum Gasteiger partial charge on any atom is 0.135 e. The molecule has 1 heterocycles. The van der Waals surface area contributed by atoms with Gasteiger partial charge in [0.25, 0.3) is 0 Å². The van der Waals surface area contributed by atoms with E-state index in [2.05, 4.69) is 35.7 Å². The van der Waals surface area contributed by atoms with Crippen LogP contribution in [-0.4, -0.2) is 25.6 Å². The van der Waals surface area contributed by atoms with Crippen LogP contribution in [0.5, 0.6) is 0 Å². The van der Waals surface area contributed by atoms with Crippen molar-refractivity contribution >= 4 is 29.3 Å². The van der Waals surface area contributed by atoms with Crippen molar-refractivity contribution in [1.29, 1.82) is 0 Å². The van der Waals surface area contributed by atoms with Gasteiger partial charge in [0, 0.05) is 11.8 Å². The molecule has 0 bridgehead atoms. The summed E-state index contributed by atoms with van der Waals surface area (Å²) in [5.74, 6) is 1.94. The number of hydrogen-bond donors (Lipinski definition) is 3. The molecule has 1 aliphatic rings. The van der Waals surface area contributed by atoms with Gasteiger partial charge in [-0.3, -0.25) is 5.10 Å². The molecule has 0 amide bonds. The van der Waals surface area contributed by atoms with Crippen LogP contribution in [0.1, 0.15) is 70.1 Å². The zero-order valence-electron chi connectivity index (χ0n) is 12.9. The van der Waals surface area contributed by atoms with E-state index in [1.807, 2.05) is 4.20 Å². The number of anilines is 1. The fraction of sp³-hybridized carbons (Fsp3) is 0.857. The zero-order chi connectivity index (χ0) is 14.4. The minimum absolute atomic E-state index is 0.555. The first-order chi connectivity index (χ1) is 9.70. The summed E-state index contributed by atoms with van der Waals surface area (Å²) in [5.41, 5.74) is 0. The minimum Gasteiger partial charge on any atom is -0.370 e. The molecule has 1 aromatic heterocycles. The van der Waals surface area contributed by atoms with Crippen molar-refractivity contribution < 1.29 is 0 Å². The number of aromatic amines is 2. The lowest BCUT2D eigenvalue weighted by atomic mass is 9.88. The first-order valence-electron chi connectivity index (χ1n) is 7.84. The lowest BCUT2D eigenvalue weighted by Crippen LogP contribution is -2.14. The highest BCUT2D eigenvalue weighted by Crippen LogP contribution is 2.37. The van der Waals surface area contributed by atoms with Crippen LogP contribution in [0.3, 0.4) is 0 Å². The van der Waals surface area contributed by atoms with Crippen LogP contribution >= 0.6 is 23.5 Å². The predicted molar refractivity (Wildman–Crippen MR) is 91.4 cm³/mol. The van der Waals surface area contributed by atoms with Crippen molar-refractivity contribution in [2.24, 2.45) is 0 Å². The summed E-state index contributed by atoms with van der Waals surface area (Å²) in [5, 5.41) is 7.63. The molecule has 6 heteroatoms. The molecule has 1 aromatic rings. The van der Waals surface area contributed by atoms with Crippen molar-refractivity contribution in [1.82, 2.24) is 13.8 Å². The largest absolute Gasteiger partial charge is 0.370 e. The van der Waals surface area contributed by atoms with Gasteiger partial charge in [-0.2, -0.15) is 4.20 Å². The Morgan fingerprint density at radius 2 is 2.10 bits per heavy atom. The Morgan fingerprint density at radius 3 is 2.75 bits per heavy atom. The standard InChI is InChI=1S/C14H28N4S2/c1-4-10-15-14-13(12-8-6-5-7-9-12)19-17-18(16-14)20-11(2)3/h11-12,15-17H,4-10H2,1-3H3. The molecule has 0 atom stereocenters. The summed E-state index contributed by atoms with van der Waals surface area (Å²) in [6.07, 6.45) is 7.97. The van der Waals surface area contributed by atoms with Crippen LogP contribution in [0.15, 0.2) is 0 Å². The number of H-pyrrole nitrogens is 2. The molecule has 0 aliphatic heterocycles. The Bertz CT molecular complexity index is 420. The number of nitrogens with zero attached hydrogens (tertiary/aromatic N) is 1. The third kappa shape index (κ3) is 4.52. The quantitative estimate of drug-likeness (QED) is 0.683. The first-order valence-corrected chi connectivity index (χ1v) is 9.50. The summed E-state index contributed by atoms with van der Waals surface area (Å²) >= 11 is 3.57. The molecule has 20 heavy (non-hydrogen) atoms.